The molecule has 3 rings (SSSR count). The van der Waals surface area contributed by atoms with Crippen molar-refractivity contribution in [2.24, 2.45) is 11.5 Å². The Bertz CT molecular complexity index is 738. The predicted octanol–water partition coefficient (Wildman–Crippen LogP) is 2.02. The van der Waals surface area contributed by atoms with E-state index in [1.807, 2.05) is 0 Å². The Labute approximate surface area is 133 Å². The highest BCUT2D eigenvalue weighted by Crippen LogP contribution is 2.39. The summed E-state index contributed by atoms with van der Waals surface area (Å²) in [4.78, 5) is 3.73. The van der Waals surface area contributed by atoms with Crippen LogP contribution in [0.1, 0.15) is 17.7 Å². The Morgan fingerprint density at radius 3 is 2.65 bits per heavy atom. The Balaban J connectivity index is 2.23. The SMILES string of the molecule is CNc1c(C(=N)N)c(-c2ccc(OF)cc2)c2n1CC(N)CC2. The molecule has 0 bridgehead atoms. The molecule has 122 valence electrons. The van der Waals surface area contributed by atoms with E-state index in [-0.39, 0.29) is 17.6 Å². The highest BCUT2D eigenvalue weighted by atomic mass is 19.3. The summed E-state index contributed by atoms with van der Waals surface area (Å²) in [5.41, 5.74) is 15.5. The van der Waals surface area contributed by atoms with E-state index in [0.29, 0.717) is 12.1 Å². The molecular formula is C16H20FN5O. The summed E-state index contributed by atoms with van der Waals surface area (Å²) in [6.45, 7) is 0.678. The normalized spacial score (nSPS) is 16.7. The largest absolute Gasteiger partial charge is 0.384 e. The van der Waals surface area contributed by atoms with Crippen LogP contribution in [0.15, 0.2) is 24.3 Å². The molecular weight excluding hydrogens is 297 g/mol. The minimum absolute atomic E-state index is 0.00867. The maximum Gasteiger partial charge on any atom is 0.171 e. The first-order valence-corrected chi connectivity index (χ1v) is 7.49. The molecule has 23 heavy (non-hydrogen) atoms. The molecule has 1 unspecified atom stereocenters. The number of aromatic nitrogens is 1. The van der Waals surface area contributed by atoms with Crippen LogP contribution in [-0.4, -0.2) is 23.5 Å². The van der Waals surface area contributed by atoms with Crippen molar-refractivity contribution < 1.29 is 9.47 Å². The average Bonchev–Trinajstić information content (AvgIpc) is 2.88. The van der Waals surface area contributed by atoms with Gasteiger partial charge in [-0.15, -0.1) is 0 Å². The van der Waals surface area contributed by atoms with E-state index < -0.39 is 0 Å². The summed E-state index contributed by atoms with van der Waals surface area (Å²) in [6, 6.07) is 6.72. The number of nitrogens with two attached hydrogens (primary N) is 2. The van der Waals surface area contributed by atoms with Gasteiger partial charge in [-0.3, -0.25) is 10.4 Å². The van der Waals surface area contributed by atoms with Crippen LogP contribution in [0, 0.1) is 5.41 Å². The molecule has 1 aliphatic heterocycles. The fourth-order valence-corrected chi connectivity index (χ4v) is 3.28. The van der Waals surface area contributed by atoms with Crippen LogP contribution in [0.2, 0.25) is 0 Å². The van der Waals surface area contributed by atoms with E-state index in [1.54, 1.807) is 31.3 Å². The lowest BCUT2D eigenvalue weighted by Gasteiger charge is -2.24. The van der Waals surface area contributed by atoms with Crippen LogP contribution in [0.4, 0.5) is 10.3 Å². The summed E-state index contributed by atoms with van der Waals surface area (Å²) in [6.07, 6.45) is 1.68. The second-order valence-corrected chi connectivity index (χ2v) is 5.72. The second-order valence-electron chi connectivity index (χ2n) is 5.72. The van der Waals surface area contributed by atoms with Crippen LogP contribution in [-0.2, 0) is 13.0 Å². The smallest absolute Gasteiger partial charge is 0.171 e. The van der Waals surface area contributed by atoms with Gasteiger partial charge in [0.2, 0.25) is 0 Å². The molecule has 7 heteroatoms. The van der Waals surface area contributed by atoms with Gasteiger partial charge >= 0.3 is 0 Å². The summed E-state index contributed by atoms with van der Waals surface area (Å²) >= 11 is 0. The zero-order valence-electron chi connectivity index (χ0n) is 12.9. The topological polar surface area (TPSA) is 102 Å². The number of nitrogens with zero attached hydrogens (tertiary/aromatic N) is 1. The summed E-state index contributed by atoms with van der Waals surface area (Å²) in [7, 11) is 1.80. The van der Waals surface area contributed by atoms with E-state index in [9.17, 15) is 4.53 Å². The first-order valence-electron chi connectivity index (χ1n) is 7.49. The van der Waals surface area contributed by atoms with E-state index in [1.165, 1.54) is 0 Å². The third-order valence-corrected chi connectivity index (χ3v) is 4.28. The van der Waals surface area contributed by atoms with Crippen molar-refractivity contribution >= 4 is 11.7 Å². The number of hydrogen-bond donors (Lipinski definition) is 4. The Morgan fingerprint density at radius 1 is 1.39 bits per heavy atom. The standard InChI is InChI=1S/C16H20FN5O/c1-21-16-14(15(19)20)13(9-2-5-11(23-17)6-3-9)12-7-4-10(18)8-22(12)16/h2-3,5-6,10,21H,4,7-8,18H2,1H3,(H3,19,20). The molecule has 0 saturated carbocycles. The maximum atomic E-state index is 12.3. The van der Waals surface area contributed by atoms with E-state index in [2.05, 4.69) is 14.8 Å². The van der Waals surface area contributed by atoms with Crippen molar-refractivity contribution in [2.45, 2.75) is 25.4 Å². The van der Waals surface area contributed by atoms with Crippen LogP contribution in [0.25, 0.3) is 11.1 Å². The molecule has 0 saturated heterocycles. The van der Waals surface area contributed by atoms with Gasteiger partial charge in [0.05, 0.1) is 5.56 Å². The van der Waals surface area contributed by atoms with Gasteiger partial charge in [-0.2, -0.15) is 0 Å². The molecule has 6 N–H and O–H groups in total. The predicted molar refractivity (Wildman–Crippen MR) is 88.5 cm³/mol. The number of fused-ring (bicyclic) bond motifs is 1. The summed E-state index contributed by atoms with van der Waals surface area (Å²) in [5, 5.41) is 11.1. The molecule has 0 spiro atoms. The number of amidine groups is 1. The van der Waals surface area contributed by atoms with Gasteiger partial charge in [0.15, 0.2) is 5.75 Å². The number of anilines is 1. The van der Waals surface area contributed by atoms with Crippen LogP contribution >= 0.6 is 0 Å². The molecule has 0 amide bonds. The van der Waals surface area contributed by atoms with Crippen molar-refractivity contribution in [3.63, 3.8) is 0 Å². The molecule has 0 radical (unpaired) electrons. The first-order chi connectivity index (χ1) is 11.1. The fraction of sp³-hybridized carbons (Fsp3) is 0.312. The summed E-state index contributed by atoms with van der Waals surface area (Å²) in [5.74, 6) is 0.927. The molecule has 1 aromatic carbocycles. The lowest BCUT2D eigenvalue weighted by Crippen LogP contribution is -2.32. The molecule has 2 aromatic rings. The number of rotatable bonds is 4. The lowest BCUT2D eigenvalue weighted by molar-refractivity contribution is -0.00618. The van der Waals surface area contributed by atoms with Crippen LogP contribution < -0.4 is 21.7 Å². The van der Waals surface area contributed by atoms with E-state index >= 15 is 0 Å². The van der Waals surface area contributed by atoms with Crippen molar-refractivity contribution in [1.29, 1.82) is 5.41 Å². The molecule has 2 heterocycles. The molecule has 0 aliphatic carbocycles. The van der Waals surface area contributed by atoms with Crippen LogP contribution in [0.3, 0.4) is 0 Å². The Morgan fingerprint density at radius 2 is 2.09 bits per heavy atom. The summed E-state index contributed by atoms with van der Waals surface area (Å²) < 4.78 is 14.4. The number of benzene rings is 1. The number of nitrogens with one attached hydrogen (secondary N) is 2. The first kappa shape index (κ1) is 15.4. The third-order valence-electron chi connectivity index (χ3n) is 4.28. The van der Waals surface area contributed by atoms with Crippen LogP contribution in [0.5, 0.6) is 5.75 Å². The fourth-order valence-electron chi connectivity index (χ4n) is 3.28. The van der Waals surface area contributed by atoms with Gasteiger partial charge in [-0.25, -0.2) is 0 Å². The van der Waals surface area contributed by atoms with Gasteiger partial charge in [0.1, 0.15) is 11.7 Å². The van der Waals surface area contributed by atoms with Crippen molar-refractivity contribution in [3.8, 4) is 16.9 Å². The van der Waals surface area contributed by atoms with E-state index in [4.69, 9.17) is 16.9 Å². The van der Waals surface area contributed by atoms with Crippen molar-refractivity contribution in [1.82, 2.24) is 4.57 Å². The highest BCUT2D eigenvalue weighted by molar-refractivity contribution is 6.07. The Kier molecular flexibility index (Phi) is 3.96. The van der Waals surface area contributed by atoms with Gasteiger partial charge in [0.25, 0.3) is 0 Å². The average molecular weight is 317 g/mol. The quantitative estimate of drug-likeness (QED) is 0.512. The molecule has 1 aliphatic rings. The van der Waals surface area contributed by atoms with E-state index in [0.717, 1.165) is 35.5 Å². The molecule has 0 fully saturated rings. The zero-order valence-corrected chi connectivity index (χ0v) is 12.9. The zero-order chi connectivity index (χ0) is 16.6. The Hall–Kier alpha value is -2.54. The molecule has 1 atom stereocenters. The monoisotopic (exact) mass is 317 g/mol. The number of halogens is 1. The third kappa shape index (κ3) is 2.53. The van der Waals surface area contributed by atoms with Gasteiger partial charge in [-0.1, -0.05) is 12.1 Å². The molecule has 6 nitrogen and oxygen atoms in total. The van der Waals surface area contributed by atoms with Crippen molar-refractivity contribution in [2.75, 3.05) is 12.4 Å². The van der Waals surface area contributed by atoms with Gasteiger partial charge in [0, 0.05) is 35.4 Å². The van der Waals surface area contributed by atoms with Gasteiger partial charge in [-0.05, 0) is 30.5 Å². The number of hydrogen-bond acceptors (Lipinski definition) is 4. The lowest BCUT2D eigenvalue weighted by atomic mass is 9.96. The minimum Gasteiger partial charge on any atom is -0.384 e. The second kappa shape index (κ2) is 5.92. The number of nitrogen functional groups attached to an aromatic ring is 1. The molecule has 1 aromatic heterocycles. The maximum absolute atomic E-state index is 12.3. The highest BCUT2D eigenvalue weighted by Gasteiger charge is 2.28. The van der Waals surface area contributed by atoms with Crippen molar-refractivity contribution in [3.05, 3.63) is 35.5 Å². The van der Waals surface area contributed by atoms with Gasteiger partial charge < -0.3 is 21.4 Å². The minimum atomic E-state index is -0.00867.